The molecule has 0 aliphatic heterocycles. The number of hydrogen-bond donors (Lipinski definition) is 1. The third kappa shape index (κ3) is 6.12. The van der Waals surface area contributed by atoms with E-state index in [1.807, 2.05) is 78.9 Å². The van der Waals surface area contributed by atoms with Crippen LogP contribution in [0.1, 0.15) is 54.7 Å². The Morgan fingerprint density at radius 1 is 0.686 bits per heavy atom. The molecule has 0 aliphatic rings. The molecule has 4 rings (SSSR count). The molecule has 0 aliphatic carbocycles. The molecule has 0 unspecified atom stereocenters. The second-order valence-corrected chi connectivity index (χ2v) is 8.62. The van der Waals surface area contributed by atoms with Crippen LogP contribution in [-0.2, 0) is 11.3 Å². The van der Waals surface area contributed by atoms with Crippen molar-refractivity contribution in [2.45, 2.75) is 45.1 Å². The maximum Gasteiger partial charge on any atom is 0.303 e. The molecule has 178 valence electrons. The molecule has 5 nitrogen and oxygen atoms in total. The highest BCUT2D eigenvalue weighted by Gasteiger charge is 2.24. The molecule has 4 aromatic rings. The van der Waals surface area contributed by atoms with Crippen LogP contribution in [0.2, 0.25) is 0 Å². The van der Waals surface area contributed by atoms with Crippen LogP contribution in [0.5, 0.6) is 0 Å². The van der Waals surface area contributed by atoms with Gasteiger partial charge in [-0.15, -0.1) is 0 Å². The molecule has 3 aromatic carbocycles. The lowest BCUT2D eigenvalue weighted by Crippen LogP contribution is -2.13. The van der Waals surface area contributed by atoms with Crippen molar-refractivity contribution in [1.29, 1.82) is 0 Å². The summed E-state index contributed by atoms with van der Waals surface area (Å²) >= 11 is 0. The SMILES string of the molecule is O=C(O)CCCCCCCn1c(C(=O)c2ccccc2)nc(-c2ccccc2)c1-c1ccccc1. The lowest BCUT2D eigenvalue weighted by atomic mass is 10.0. The summed E-state index contributed by atoms with van der Waals surface area (Å²) in [6.07, 6.45) is 4.63. The Morgan fingerprint density at radius 3 is 1.86 bits per heavy atom. The molecular formula is C30H30N2O3. The van der Waals surface area contributed by atoms with Gasteiger partial charge in [-0.3, -0.25) is 9.59 Å². The molecule has 0 saturated carbocycles. The molecule has 0 atom stereocenters. The Hall–Kier alpha value is -3.99. The van der Waals surface area contributed by atoms with Gasteiger partial charge in [-0.1, -0.05) is 110 Å². The van der Waals surface area contributed by atoms with Crippen molar-refractivity contribution in [3.05, 3.63) is 102 Å². The molecule has 0 bridgehead atoms. The number of ketones is 1. The summed E-state index contributed by atoms with van der Waals surface area (Å²) in [5.41, 5.74) is 4.36. The molecule has 0 spiro atoms. The van der Waals surface area contributed by atoms with E-state index in [9.17, 15) is 9.59 Å². The maximum absolute atomic E-state index is 13.6. The Kier molecular flexibility index (Phi) is 8.23. The summed E-state index contributed by atoms with van der Waals surface area (Å²) in [6.45, 7) is 0.664. The van der Waals surface area contributed by atoms with E-state index in [4.69, 9.17) is 10.1 Å². The number of carbonyl (C=O) groups is 2. The number of carboxylic acid groups (broad SMARTS) is 1. The number of imidazole rings is 1. The molecule has 0 radical (unpaired) electrons. The van der Waals surface area contributed by atoms with Gasteiger partial charge in [-0.25, -0.2) is 4.98 Å². The number of carboxylic acids is 1. The quantitative estimate of drug-likeness (QED) is 0.183. The summed E-state index contributed by atoms with van der Waals surface area (Å²) in [5.74, 6) is -0.389. The zero-order valence-corrected chi connectivity index (χ0v) is 19.8. The number of aromatic nitrogens is 2. The van der Waals surface area contributed by atoms with Crippen LogP contribution in [0.3, 0.4) is 0 Å². The Bertz CT molecular complexity index is 1250. The van der Waals surface area contributed by atoms with Crippen LogP contribution < -0.4 is 0 Å². The first-order chi connectivity index (χ1) is 17.1. The van der Waals surface area contributed by atoms with Crippen molar-refractivity contribution < 1.29 is 14.7 Å². The fraction of sp³-hybridized carbons (Fsp3) is 0.233. The van der Waals surface area contributed by atoms with Crippen molar-refractivity contribution >= 4 is 11.8 Å². The molecule has 1 aromatic heterocycles. The first-order valence-electron chi connectivity index (χ1n) is 12.2. The van der Waals surface area contributed by atoms with Gasteiger partial charge in [0.05, 0.1) is 11.4 Å². The van der Waals surface area contributed by atoms with Gasteiger partial charge in [0.25, 0.3) is 0 Å². The minimum atomic E-state index is -0.742. The molecule has 0 fully saturated rings. The van der Waals surface area contributed by atoms with Crippen LogP contribution >= 0.6 is 0 Å². The summed E-state index contributed by atoms with van der Waals surface area (Å²) in [7, 11) is 0. The van der Waals surface area contributed by atoms with E-state index in [0.29, 0.717) is 24.4 Å². The van der Waals surface area contributed by atoms with E-state index in [-0.39, 0.29) is 12.2 Å². The summed E-state index contributed by atoms with van der Waals surface area (Å²) in [5, 5.41) is 8.83. The molecule has 0 saturated heterocycles. The predicted octanol–water partition coefficient (Wildman–Crippen LogP) is 6.87. The largest absolute Gasteiger partial charge is 0.481 e. The molecule has 1 N–H and O–H groups in total. The van der Waals surface area contributed by atoms with Gasteiger partial charge in [0, 0.05) is 29.7 Å². The van der Waals surface area contributed by atoms with Gasteiger partial charge in [0.1, 0.15) is 0 Å². The van der Waals surface area contributed by atoms with Crippen LogP contribution in [-0.4, -0.2) is 26.4 Å². The van der Waals surface area contributed by atoms with Gasteiger partial charge in [-0.05, 0) is 12.8 Å². The second kappa shape index (κ2) is 11.9. The average Bonchev–Trinajstić information content (AvgIpc) is 3.28. The zero-order valence-electron chi connectivity index (χ0n) is 19.8. The predicted molar refractivity (Wildman–Crippen MR) is 138 cm³/mol. The topological polar surface area (TPSA) is 72.2 Å². The molecular weight excluding hydrogens is 436 g/mol. The fourth-order valence-corrected chi connectivity index (χ4v) is 4.32. The number of hydrogen-bond acceptors (Lipinski definition) is 3. The second-order valence-electron chi connectivity index (χ2n) is 8.62. The number of aliphatic carboxylic acids is 1. The van der Waals surface area contributed by atoms with Gasteiger partial charge < -0.3 is 9.67 Å². The van der Waals surface area contributed by atoms with E-state index in [1.165, 1.54) is 0 Å². The highest BCUT2D eigenvalue weighted by Crippen LogP contribution is 2.34. The highest BCUT2D eigenvalue weighted by atomic mass is 16.4. The van der Waals surface area contributed by atoms with E-state index < -0.39 is 5.97 Å². The summed E-state index contributed by atoms with van der Waals surface area (Å²) in [4.78, 5) is 29.3. The minimum absolute atomic E-state index is 0.0913. The van der Waals surface area contributed by atoms with Gasteiger partial charge in [0.15, 0.2) is 5.82 Å². The van der Waals surface area contributed by atoms with Crippen molar-refractivity contribution in [1.82, 2.24) is 9.55 Å². The lowest BCUT2D eigenvalue weighted by molar-refractivity contribution is -0.137. The monoisotopic (exact) mass is 466 g/mol. The van der Waals surface area contributed by atoms with Crippen LogP contribution in [0.15, 0.2) is 91.0 Å². The van der Waals surface area contributed by atoms with Gasteiger partial charge in [0.2, 0.25) is 5.78 Å². The van der Waals surface area contributed by atoms with E-state index in [1.54, 1.807) is 0 Å². The Balaban J connectivity index is 1.70. The summed E-state index contributed by atoms with van der Waals surface area (Å²) < 4.78 is 2.07. The number of unbranched alkanes of at least 4 members (excludes halogenated alkanes) is 4. The average molecular weight is 467 g/mol. The Labute approximate surface area is 206 Å². The van der Waals surface area contributed by atoms with E-state index in [2.05, 4.69) is 16.7 Å². The molecule has 35 heavy (non-hydrogen) atoms. The van der Waals surface area contributed by atoms with Crippen LogP contribution in [0.25, 0.3) is 22.5 Å². The third-order valence-electron chi connectivity index (χ3n) is 6.07. The maximum atomic E-state index is 13.6. The first kappa shape index (κ1) is 24.1. The number of carbonyl (C=O) groups excluding carboxylic acids is 1. The number of nitrogens with zero attached hydrogens (tertiary/aromatic N) is 2. The molecule has 0 amide bonds. The van der Waals surface area contributed by atoms with Crippen molar-refractivity contribution in [2.24, 2.45) is 0 Å². The number of rotatable bonds is 12. The van der Waals surface area contributed by atoms with Crippen LogP contribution in [0.4, 0.5) is 0 Å². The van der Waals surface area contributed by atoms with Crippen molar-refractivity contribution in [3.63, 3.8) is 0 Å². The van der Waals surface area contributed by atoms with E-state index >= 15 is 0 Å². The van der Waals surface area contributed by atoms with Crippen molar-refractivity contribution in [2.75, 3.05) is 0 Å². The van der Waals surface area contributed by atoms with Gasteiger partial charge in [-0.2, -0.15) is 0 Å². The minimum Gasteiger partial charge on any atom is -0.481 e. The normalized spacial score (nSPS) is 10.9. The molecule has 1 heterocycles. The first-order valence-corrected chi connectivity index (χ1v) is 12.2. The number of benzene rings is 3. The third-order valence-corrected chi connectivity index (χ3v) is 6.07. The lowest BCUT2D eigenvalue weighted by Gasteiger charge is -2.13. The summed E-state index contributed by atoms with van der Waals surface area (Å²) in [6, 6.07) is 29.4. The zero-order chi connectivity index (χ0) is 24.5. The van der Waals surface area contributed by atoms with Gasteiger partial charge >= 0.3 is 5.97 Å². The van der Waals surface area contributed by atoms with Crippen LogP contribution in [0, 0.1) is 0 Å². The van der Waals surface area contributed by atoms with E-state index in [0.717, 1.165) is 48.2 Å². The smallest absolute Gasteiger partial charge is 0.303 e. The Morgan fingerprint density at radius 2 is 1.23 bits per heavy atom. The van der Waals surface area contributed by atoms with Crippen molar-refractivity contribution in [3.8, 4) is 22.5 Å². The fourth-order valence-electron chi connectivity index (χ4n) is 4.32. The molecule has 5 heteroatoms. The standard InChI is InChI=1S/C30H30N2O3/c33-26(34)21-13-2-1-3-14-22-32-28(24-17-9-5-10-18-24)27(23-15-7-4-8-16-23)31-30(32)29(35)25-19-11-6-12-20-25/h4-12,15-20H,1-3,13-14,21-22H2,(H,33,34). The highest BCUT2D eigenvalue weighted by molar-refractivity contribution is 6.08.